The number of nitrogens with zero attached hydrogens (tertiary/aromatic N) is 2. The van der Waals surface area contributed by atoms with Crippen LogP contribution in [0.2, 0.25) is 0 Å². The second-order valence-electron chi connectivity index (χ2n) is 7.00. The highest BCUT2D eigenvalue weighted by Gasteiger charge is 2.08. The maximum Gasteiger partial charge on any atom is 0.213 e. The highest BCUT2D eigenvalue weighted by atomic mass is 16.3. The molecule has 0 amide bonds. The fourth-order valence-corrected chi connectivity index (χ4v) is 3.92. The number of imidazole rings is 2. The van der Waals surface area contributed by atoms with Crippen molar-refractivity contribution in [2.24, 2.45) is 0 Å². The third-order valence-corrected chi connectivity index (χ3v) is 5.24. The monoisotopic (exact) mass is 375 g/mol. The number of hydrogen-bond acceptors (Lipinski definition) is 2. The van der Waals surface area contributed by atoms with Gasteiger partial charge in [0.05, 0.1) is 22.1 Å². The number of benzene rings is 4. The molecular formula is C25H17N3O. The summed E-state index contributed by atoms with van der Waals surface area (Å²) in [6.07, 6.45) is 0. The molecule has 0 atom stereocenters. The van der Waals surface area contributed by atoms with Gasteiger partial charge in [0.25, 0.3) is 0 Å². The molecule has 0 aliphatic rings. The molecule has 0 spiro atoms. The SMILES string of the molecule is c1ccc2c(c1)nc1[nH]c3ccccc3n12.c1ccc2c(c1)oc1ccccc12. The molecule has 7 aromatic rings. The molecule has 0 radical (unpaired) electrons. The molecule has 4 heteroatoms. The van der Waals surface area contributed by atoms with Crippen LogP contribution in [-0.4, -0.2) is 14.4 Å². The van der Waals surface area contributed by atoms with Gasteiger partial charge in [-0.3, -0.25) is 4.40 Å². The van der Waals surface area contributed by atoms with Crippen LogP contribution in [0.5, 0.6) is 0 Å². The van der Waals surface area contributed by atoms with Gasteiger partial charge in [0, 0.05) is 10.8 Å². The molecule has 29 heavy (non-hydrogen) atoms. The predicted octanol–water partition coefficient (Wildman–Crippen LogP) is 6.55. The average molecular weight is 375 g/mol. The largest absolute Gasteiger partial charge is 0.456 e. The lowest BCUT2D eigenvalue weighted by molar-refractivity contribution is 0.669. The third-order valence-electron chi connectivity index (χ3n) is 5.24. The fraction of sp³-hybridized carbons (Fsp3) is 0. The van der Waals surface area contributed by atoms with E-state index < -0.39 is 0 Å². The fourth-order valence-electron chi connectivity index (χ4n) is 3.92. The van der Waals surface area contributed by atoms with Gasteiger partial charge in [-0.15, -0.1) is 0 Å². The molecule has 0 saturated heterocycles. The van der Waals surface area contributed by atoms with Gasteiger partial charge in [-0.1, -0.05) is 60.7 Å². The molecule has 4 nitrogen and oxygen atoms in total. The molecule has 0 unspecified atom stereocenters. The van der Waals surface area contributed by atoms with Crippen LogP contribution < -0.4 is 0 Å². The minimum atomic E-state index is 0.905. The number of aromatic amines is 1. The Labute approximate surface area is 166 Å². The van der Waals surface area contributed by atoms with E-state index >= 15 is 0 Å². The Morgan fingerprint density at radius 1 is 0.621 bits per heavy atom. The van der Waals surface area contributed by atoms with Crippen LogP contribution in [0.25, 0.3) is 49.8 Å². The Kier molecular flexibility index (Phi) is 3.43. The van der Waals surface area contributed by atoms with Gasteiger partial charge in [-0.25, -0.2) is 4.98 Å². The molecule has 0 saturated carbocycles. The summed E-state index contributed by atoms with van der Waals surface area (Å²) in [5.74, 6) is 0.905. The van der Waals surface area contributed by atoms with Crippen LogP contribution in [0, 0.1) is 0 Å². The normalized spacial score (nSPS) is 11.4. The summed E-state index contributed by atoms with van der Waals surface area (Å²) in [7, 11) is 0. The van der Waals surface area contributed by atoms with Crippen LogP contribution >= 0.6 is 0 Å². The summed E-state index contributed by atoms with van der Waals surface area (Å²) in [5.41, 5.74) is 6.39. The maximum atomic E-state index is 5.65. The number of aromatic nitrogens is 3. The van der Waals surface area contributed by atoms with Gasteiger partial charge in [0.15, 0.2) is 0 Å². The molecule has 138 valence electrons. The topological polar surface area (TPSA) is 46.2 Å². The minimum absolute atomic E-state index is 0.905. The molecule has 0 aliphatic heterocycles. The van der Waals surface area contributed by atoms with Crippen molar-refractivity contribution in [3.8, 4) is 0 Å². The molecule has 0 bridgehead atoms. The average Bonchev–Trinajstić information content (AvgIpc) is 3.43. The molecule has 0 fully saturated rings. The van der Waals surface area contributed by atoms with E-state index in [1.54, 1.807) is 0 Å². The Bertz CT molecular complexity index is 1500. The second kappa shape index (κ2) is 6.24. The lowest BCUT2D eigenvalue weighted by Crippen LogP contribution is -1.78. The first-order valence-electron chi connectivity index (χ1n) is 9.59. The van der Waals surface area contributed by atoms with Crippen LogP contribution in [0.3, 0.4) is 0 Å². The van der Waals surface area contributed by atoms with Crippen molar-refractivity contribution >= 4 is 49.8 Å². The molecule has 3 aromatic heterocycles. The second-order valence-corrected chi connectivity index (χ2v) is 7.00. The Morgan fingerprint density at radius 3 is 1.97 bits per heavy atom. The lowest BCUT2D eigenvalue weighted by atomic mass is 10.2. The van der Waals surface area contributed by atoms with Gasteiger partial charge >= 0.3 is 0 Å². The van der Waals surface area contributed by atoms with Gasteiger partial charge in [0.1, 0.15) is 11.2 Å². The first-order valence-corrected chi connectivity index (χ1v) is 9.59. The Hall–Kier alpha value is -4.05. The predicted molar refractivity (Wildman–Crippen MR) is 118 cm³/mol. The van der Waals surface area contributed by atoms with E-state index in [9.17, 15) is 0 Å². The van der Waals surface area contributed by atoms with Crippen LogP contribution in [0.1, 0.15) is 0 Å². The first kappa shape index (κ1) is 16.0. The van der Waals surface area contributed by atoms with Gasteiger partial charge in [0.2, 0.25) is 5.78 Å². The van der Waals surface area contributed by atoms with E-state index in [0.717, 1.165) is 33.5 Å². The van der Waals surface area contributed by atoms with Gasteiger partial charge < -0.3 is 9.40 Å². The van der Waals surface area contributed by atoms with Crippen molar-refractivity contribution < 1.29 is 4.42 Å². The van der Waals surface area contributed by atoms with Crippen molar-refractivity contribution in [3.63, 3.8) is 0 Å². The van der Waals surface area contributed by atoms with E-state index in [1.807, 2.05) is 66.7 Å². The quantitative estimate of drug-likeness (QED) is 0.326. The maximum absolute atomic E-state index is 5.65. The number of rotatable bonds is 0. The van der Waals surface area contributed by atoms with E-state index in [4.69, 9.17) is 4.42 Å². The van der Waals surface area contributed by atoms with Crippen molar-refractivity contribution in [2.75, 3.05) is 0 Å². The summed E-state index contributed by atoms with van der Waals surface area (Å²) in [6.45, 7) is 0. The van der Waals surface area contributed by atoms with E-state index in [0.29, 0.717) is 0 Å². The number of fused-ring (bicyclic) bond motifs is 8. The number of hydrogen-bond donors (Lipinski definition) is 1. The summed E-state index contributed by atoms with van der Waals surface area (Å²) in [4.78, 5) is 7.88. The summed E-state index contributed by atoms with van der Waals surface area (Å²) in [5, 5.41) is 2.39. The van der Waals surface area contributed by atoms with Crippen LogP contribution in [-0.2, 0) is 0 Å². The standard InChI is InChI=1S/C13H9N3.C12H8O/c1-3-7-11-9(5-1)14-13-15-10-6-2-4-8-12(10)16(11)13;1-3-7-11-9(5-1)10-6-2-4-8-12(10)13-11/h1-8H,(H,14,15);1-8H. The Morgan fingerprint density at radius 2 is 1.21 bits per heavy atom. The zero-order chi connectivity index (χ0) is 19.2. The van der Waals surface area contributed by atoms with Gasteiger partial charge in [-0.05, 0) is 36.4 Å². The highest BCUT2D eigenvalue weighted by molar-refractivity contribution is 6.04. The third kappa shape index (κ3) is 2.50. The number of para-hydroxylation sites is 6. The van der Waals surface area contributed by atoms with E-state index in [1.165, 1.54) is 16.3 Å². The number of furan rings is 1. The zero-order valence-corrected chi connectivity index (χ0v) is 15.5. The highest BCUT2D eigenvalue weighted by Crippen LogP contribution is 2.27. The van der Waals surface area contributed by atoms with E-state index in [2.05, 4.69) is 44.7 Å². The van der Waals surface area contributed by atoms with Crippen molar-refractivity contribution in [3.05, 3.63) is 97.1 Å². The molecular weight excluding hydrogens is 358 g/mol. The summed E-state index contributed by atoms with van der Waals surface area (Å²) < 4.78 is 7.81. The zero-order valence-electron chi connectivity index (χ0n) is 15.5. The lowest BCUT2D eigenvalue weighted by Gasteiger charge is -1.92. The molecule has 0 aliphatic carbocycles. The van der Waals surface area contributed by atoms with E-state index in [-0.39, 0.29) is 0 Å². The van der Waals surface area contributed by atoms with Crippen molar-refractivity contribution in [1.29, 1.82) is 0 Å². The molecule has 1 N–H and O–H groups in total. The van der Waals surface area contributed by atoms with Gasteiger partial charge in [-0.2, -0.15) is 0 Å². The number of H-pyrrole nitrogens is 1. The summed E-state index contributed by atoms with van der Waals surface area (Å²) >= 11 is 0. The minimum Gasteiger partial charge on any atom is -0.456 e. The van der Waals surface area contributed by atoms with Crippen LogP contribution in [0.15, 0.2) is 101 Å². The smallest absolute Gasteiger partial charge is 0.213 e. The summed E-state index contributed by atoms with van der Waals surface area (Å²) in [6, 6.07) is 32.6. The van der Waals surface area contributed by atoms with Crippen LogP contribution in [0.4, 0.5) is 0 Å². The van der Waals surface area contributed by atoms with Crippen molar-refractivity contribution in [2.45, 2.75) is 0 Å². The molecule has 3 heterocycles. The molecule has 7 rings (SSSR count). The van der Waals surface area contributed by atoms with Crippen molar-refractivity contribution in [1.82, 2.24) is 14.4 Å². The Balaban J connectivity index is 0.000000117. The molecule has 4 aromatic carbocycles. The number of nitrogens with one attached hydrogen (secondary N) is 1. The first-order chi connectivity index (χ1) is 14.4.